The summed E-state index contributed by atoms with van der Waals surface area (Å²) in [6.45, 7) is 5.98. The lowest BCUT2D eigenvalue weighted by molar-refractivity contribution is -0.117. The van der Waals surface area contributed by atoms with Gasteiger partial charge in [0.25, 0.3) is 0 Å². The third-order valence-electron chi connectivity index (χ3n) is 3.04. The molecule has 1 rings (SSSR count). The number of carbonyl (C=O) groups is 2. The lowest BCUT2D eigenvalue weighted by Gasteiger charge is -2.08. The molecule has 1 aromatic carbocycles. The smallest absolute Gasteiger partial charge is 0.170 e. The minimum atomic E-state index is -0.0609. The first-order valence-corrected chi connectivity index (χ1v) is 6.29. The van der Waals surface area contributed by atoms with E-state index in [0.717, 1.165) is 12.8 Å². The summed E-state index contributed by atoms with van der Waals surface area (Å²) in [7, 11) is 0. The highest BCUT2D eigenvalue weighted by Gasteiger charge is 2.11. The van der Waals surface area contributed by atoms with Crippen LogP contribution in [0, 0.1) is 0 Å². The molecular weight excluding hydrogens is 212 g/mol. The summed E-state index contributed by atoms with van der Waals surface area (Å²) < 4.78 is 0. The highest BCUT2D eigenvalue weighted by molar-refractivity contribution is 6.07. The average molecular weight is 232 g/mol. The molecule has 2 heteroatoms. The SMILES string of the molecule is CCC(=O)CC(=O)c1ccc(CC)c(CC)c1. The van der Waals surface area contributed by atoms with Gasteiger partial charge in [0.1, 0.15) is 5.78 Å². The van der Waals surface area contributed by atoms with Crippen molar-refractivity contribution in [3.63, 3.8) is 0 Å². The van der Waals surface area contributed by atoms with Gasteiger partial charge >= 0.3 is 0 Å². The molecule has 0 bridgehead atoms. The van der Waals surface area contributed by atoms with E-state index in [4.69, 9.17) is 0 Å². The number of ketones is 2. The summed E-state index contributed by atoms with van der Waals surface area (Å²) in [4.78, 5) is 23.1. The van der Waals surface area contributed by atoms with Gasteiger partial charge in [-0.3, -0.25) is 9.59 Å². The molecule has 0 aromatic heterocycles. The lowest BCUT2D eigenvalue weighted by Crippen LogP contribution is -2.08. The van der Waals surface area contributed by atoms with Crippen molar-refractivity contribution in [2.75, 3.05) is 0 Å². The van der Waals surface area contributed by atoms with Crippen molar-refractivity contribution in [1.82, 2.24) is 0 Å². The Hall–Kier alpha value is -1.44. The minimum absolute atomic E-state index is 0.00705. The maximum absolute atomic E-state index is 11.9. The van der Waals surface area contributed by atoms with Crippen LogP contribution in [0.1, 0.15) is 55.1 Å². The molecule has 0 saturated carbocycles. The van der Waals surface area contributed by atoms with E-state index >= 15 is 0 Å². The van der Waals surface area contributed by atoms with Crippen molar-refractivity contribution >= 4 is 11.6 Å². The maximum atomic E-state index is 11.9. The largest absolute Gasteiger partial charge is 0.299 e. The van der Waals surface area contributed by atoms with E-state index in [9.17, 15) is 9.59 Å². The first-order valence-electron chi connectivity index (χ1n) is 6.29. The zero-order valence-corrected chi connectivity index (χ0v) is 10.9. The molecule has 0 aliphatic rings. The third-order valence-corrected chi connectivity index (χ3v) is 3.04. The van der Waals surface area contributed by atoms with Crippen LogP contribution in [0.25, 0.3) is 0 Å². The Morgan fingerprint density at radius 1 is 1.00 bits per heavy atom. The van der Waals surface area contributed by atoms with Gasteiger partial charge in [-0.05, 0) is 30.0 Å². The van der Waals surface area contributed by atoms with Crippen molar-refractivity contribution in [2.45, 2.75) is 46.5 Å². The number of carbonyl (C=O) groups excluding carboxylic acids is 2. The molecule has 2 nitrogen and oxygen atoms in total. The van der Waals surface area contributed by atoms with Gasteiger partial charge in [-0.2, -0.15) is 0 Å². The second kappa shape index (κ2) is 6.33. The molecule has 0 N–H and O–H groups in total. The molecule has 1 aromatic rings. The van der Waals surface area contributed by atoms with Gasteiger partial charge in [0.2, 0.25) is 0 Å². The van der Waals surface area contributed by atoms with Crippen molar-refractivity contribution in [3.05, 3.63) is 34.9 Å². The van der Waals surface area contributed by atoms with Crippen molar-refractivity contribution in [3.8, 4) is 0 Å². The number of Topliss-reactive ketones (excluding diaryl/α,β-unsaturated/α-hetero) is 2. The second-order valence-corrected chi connectivity index (χ2v) is 4.18. The van der Waals surface area contributed by atoms with E-state index in [2.05, 4.69) is 13.8 Å². The standard InChI is InChI=1S/C15H20O2/c1-4-11-7-8-13(9-12(11)5-2)15(17)10-14(16)6-3/h7-9H,4-6,10H2,1-3H3. The topological polar surface area (TPSA) is 34.1 Å². The van der Waals surface area contributed by atoms with Crippen LogP contribution < -0.4 is 0 Å². The molecule has 0 heterocycles. The van der Waals surface area contributed by atoms with Crippen molar-refractivity contribution < 1.29 is 9.59 Å². The molecule has 92 valence electrons. The predicted molar refractivity (Wildman–Crippen MR) is 69.4 cm³/mol. The maximum Gasteiger partial charge on any atom is 0.170 e. The van der Waals surface area contributed by atoms with Gasteiger partial charge in [0, 0.05) is 12.0 Å². The fraction of sp³-hybridized carbons (Fsp3) is 0.467. The Balaban J connectivity index is 2.92. The molecule has 0 fully saturated rings. The first-order chi connectivity index (χ1) is 8.12. The minimum Gasteiger partial charge on any atom is -0.299 e. The van der Waals surface area contributed by atoms with Crippen LogP contribution in [0.3, 0.4) is 0 Å². The zero-order chi connectivity index (χ0) is 12.8. The van der Waals surface area contributed by atoms with Gasteiger partial charge in [-0.25, -0.2) is 0 Å². The van der Waals surface area contributed by atoms with Gasteiger partial charge in [0.15, 0.2) is 5.78 Å². The third kappa shape index (κ3) is 3.52. The number of rotatable bonds is 6. The molecule has 0 aliphatic carbocycles. The summed E-state index contributed by atoms with van der Waals surface area (Å²) in [5, 5.41) is 0. The monoisotopic (exact) mass is 232 g/mol. The molecule has 0 saturated heterocycles. The number of hydrogen-bond acceptors (Lipinski definition) is 2. The summed E-state index contributed by atoms with van der Waals surface area (Å²) in [5.41, 5.74) is 3.16. The van der Waals surface area contributed by atoms with Crippen LogP contribution >= 0.6 is 0 Å². The Labute approximate surface area is 103 Å². The highest BCUT2D eigenvalue weighted by atomic mass is 16.1. The molecule has 0 aliphatic heterocycles. The van der Waals surface area contributed by atoms with E-state index in [0.29, 0.717) is 12.0 Å². The number of benzene rings is 1. The fourth-order valence-electron chi connectivity index (χ4n) is 1.88. The number of hydrogen-bond donors (Lipinski definition) is 0. The summed E-state index contributed by atoms with van der Waals surface area (Å²) in [5.74, 6) is -0.0539. The van der Waals surface area contributed by atoms with Crippen LogP contribution in [0.4, 0.5) is 0 Å². The molecule has 0 spiro atoms. The summed E-state index contributed by atoms with van der Waals surface area (Å²) in [6.07, 6.45) is 2.36. The van der Waals surface area contributed by atoms with Crippen LogP contribution in [0.5, 0.6) is 0 Å². The molecule has 0 amide bonds. The van der Waals surface area contributed by atoms with Crippen molar-refractivity contribution in [1.29, 1.82) is 0 Å². The molecule has 17 heavy (non-hydrogen) atoms. The molecule has 0 unspecified atom stereocenters. The molecule has 0 radical (unpaired) electrons. The molecule has 0 atom stereocenters. The second-order valence-electron chi connectivity index (χ2n) is 4.18. The average Bonchev–Trinajstić information content (AvgIpc) is 2.37. The summed E-state index contributed by atoms with van der Waals surface area (Å²) in [6, 6.07) is 5.77. The van der Waals surface area contributed by atoms with Gasteiger partial charge in [0.05, 0.1) is 6.42 Å². The highest BCUT2D eigenvalue weighted by Crippen LogP contribution is 2.15. The first kappa shape index (κ1) is 13.6. The predicted octanol–water partition coefficient (Wildman–Crippen LogP) is 3.36. The lowest BCUT2D eigenvalue weighted by atomic mass is 9.96. The van der Waals surface area contributed by atoms with Crippen molar-refractivity contribution in [2.24, 2.45) is 0 Å². The Kier molecular flexibility index (Phi) is 5.08. The van der Waals surface area contributed by atoms with Crippen LogP contribution in [0.2, 0.25) is 0 Å². The summed E-state index contributed by atoms with van der Waals surface area (Å²) >= 11 is 0. The van der Waals surface area contributed by atoms with E-state index in [1.165, 1.54) is 11.1 Å². The quantitative estimate of drug-likeness (QED) is 0.556. The zero-order valence-electron chi connectivity index (χ0n) is 10.9. The Bertz CT molecular complexity index is 419. The number of aryl methyl sites for hydroxylation is 2. The van der Waals surface area contributed by atoms with Crippen LogP contribution in [-0.4, -0.2) is 11.6 Å². The van der Waals surface area contributed by atoms with E-state index < -0.39 is 0 Å². The van der Waals surface area contributed by atoms with E-state index in [-0.39, 0.29) is 18.0 Å². The molecular formula is C15H20O2. The van der Waals surface area contributed by atoms with E-state index in [1.807, 2.05) is 18.2 Å². The van der Waals surface area contributed by atoms with Crippen LogP contribution in [0.15, 0.2) is 18.2 Å². The van der Waals surface area contributed by atoms with Gasteiger partial charge in [-0.1, -0.05) is 32.9 Å². The Morgan fingerprint density at radius 3 is 2.18 bits per heavy atom. The van der Waals surface area contributed by atoms with E-state index in [1.54, 1.807) is 6.92 Å². The van der Waals surface area contributed by atoms with Gasteiger partial charge in [-0.15, -0.1) is 0 Å². The van der Waals surface area contributed by atoms with Crippen LogP contribution in [-0.2, 0) is 17.6 Å². The Morgan fingerprint density at radius 2 is 1.65 bits per heavy atom. The normalized spacial score (nSPS) is 10.3. The van der Waals surface area contributed by atoms with Gasteiger partial charge < -0.3 is 0 Å². The fourth-order valence-corrected chi connectivity index (χ4v) is 1.88.